The van der Waals surface area contributed by atoms with Gasteiger partial charge in [-0.05, 0) is 37.5 Å². The number of hydrogen-bond acceptors (Lipinski definition) is 5. The highest BCUT2D eigenvalue weighted by Crippen LogP contribution is 2.38. The minimum Gasteiger partial charge on any atom is -0.371 e. The van der Waals surface area contributed by atoms with Crippen LogP contribution in [-0.4, -0.2) is 30.4 Å². The molecule has 1 aromatic heterocycles. The molecule has 0 radical (unpaired) electrons. The van der Waals surface area contributed by atoms with Crippen LogP contribution in [0.15, 0.2) is 21.7 Å². The monoisotopic (exact) mass is 435 g/mol. The van der Waals surface area contributed by atoms with Crippen LogP contribution in [0.4, 0.5) is 13.2 Å². The summed E-state index contributed by atoms with van der Waals surface area (Å²) < 4.78 is 69.7. The SMILES string of the molecule is CC(OC1CCCC1)c1cc2c(=O)n(NS(C)(=O)=O)c(=O)[nH]c2cc1C(F)(F)F. The summed E-state index contributed by atoms with van der Waals surface area (Å²) in [4.78, 5) is 28.5. The van der Waals surface area contributed by atoms with Crippen molar-refractivity contribution in [2.24, 2.45) is 0 Å². The molecule has 1 heterocycles. The maximum absolute atomic E-state index is 13.6. The molecule has 160 valence electrons. The Morgan fingerprint density at radius 2 is 1.86 bits per heavy atom. The average Bonchev–Trinajstić information content (AvgIpc) is 3.09. The van der Waals surface area contributed by atoms with Crippen LogP contribution in [0.5, 0.6) is 0 Å². The molecule has 29 heavy (non-hydrogen) atoms. The molecule has 1 unspecified atom stereocenters. The quantitative estimate of drug-likeness (QED) is 0.749. The van der Waals surface area contributed by atoms with Gasteiger partial charge in [0, 0.05) is 0 Å². The molecule has 0 saturated heterocycles. The number of halogens is 3. The van der Waals surface area contributed by atoms with Crippen molar-refractivity contribution in [3.05, 3.63) is 44.1 Å². The molecule has 2 aromatic rings. The standard InChI is InChI=1S/C17H20F3N3O5S/c1-9(28-10-5-3-4-6-10)11-7-12-14(8-13(11)17(18,19)20)21-16(25)23(15(12)24)22-29(2,26)27/h7-10,22H,3-6H2,1-2H3,(H,21,25). The topological polar surface area (TPSA) is 110 Å². The van der Waals surface area contributed by atoms with E-state index in [2.05, 4.69) is 4.98 Å². The second-order valence-corrected chi connectivity index (χ2v) is 8.83. The molecule has 1 aliphatic rings. The summed E-state index contributed by atoms with van der Waals surface area (Å²) in [6, 6.07) is 1.67. The molecule has 1 aromatic carbocycles. The van der Waals surface area contributed by atoms with E-state index in [1.807, 2.05) is 0 Å². The van der Waals surface area contributed by atoms with E-state index in [4.69, 9.17) is 4.74 Å². The van der Waals surface area contributed by atoms with E-state index in [-0.39, 0.29) is 27.2 Å². The highest BCUT2D eigenvalue weighted by Gasteiger charge is 2.36. The fourth-order valence-corrected chi connectivity index (χ4v) is 4.00. The second-order valence-electron chi connectivity index (χ2n) is 7.10. The molecule has 2 N–H and O–H groups in total. The van der Waals surface area contributed by atoms with Crippen molar-refractivity contribution in [1.82, 2.24) is 9.66 Å². The van der Waals surface area contributed by atoms with Gasteiger partial charge in [-0.25, -0.2) is 18.0 Å². The Morgan fingerprint density at radius 3 is 2.41 bits per heavy atom. The third-order valence-corrected chi connectivity index (χ3v) is 5.28. The molecule has 1 saturated carbocycles. The van der Waals surface area contributed by atoms with Crippen molar-refractivity contribution in [2.45, 2.75) is 51.0 Å². The summed E-state index contributed by atoms with van der Waals surface area (Å²) in [6.07, 6.45) is -1.76. The molecule has 1 atom stereocenters. The van der Waals surface area contributed by atoms with Crippen LogP contribution < -0.4 is 16.1 Å². The van der Waals surface area contributed by atoms with Crippen LogP contribution in [0, 0.1) is 0 Å². The number of nitrogens with zero attached hydrogens (tertiary/aromatic N) is 1. The number of rotatable bonds is 5. The van der Waals surface area contributed by atoms with Crippen LogP contribution in [0.2, 0.25) is 0 Å². The lowest BCUT2D eigenvalue weighted by molar-refractivity contribution is -0.139. The van der Waals surface area contributed by atoms with Crippen molar-refractivity contribution in [2.75, 3.05) is 11.1 Å². The minimum absolute atomic E-state index is 0.166. The normalized spacial score (nSPS) is 17.0. The van der Waals surface area contributed by atoms with Gasteiger partial charge in [0.15, 0.2) is 0 Å². The number of hydrogen-bond donors (Lipinski definition) is 2. The Labute approximate surface area is 163 Å². The van der Waals surface area contributed by atoms with Crippen molar-refractivity contribution in [3.8, 4) is 0 Å². The largest absolute Gasteiger partial charge is 0.416 e. The van der Waals surface area contributed by atoms with Gasteiger partial charge in [-0.1, -0.05) is 12.8 Å². The molecular weight excluding hydrogens is 415 g/mol. The van der Waals surface area contributed by atoms with Gasteiger partial charge in [0.05, 0.1) is 34.9 Å². The smallest absolute Gasteiger partial charge is 0.371 e. The van der Waals surface area contributed by atoms with E-state index < -0.39 is 39.1 Å². The predicted octanol–water partition coefficient (Wildman–Crippen LogP) is 2.23. The van der Waals surface area contributed by atoms with Crippen molar-refractivity contribution >= 4 is 20.9 Å². The highest BCUT2D eigenvalue weighted by molar-refractivity contribution is 7.91. The molecule has 3 rings (SSSR count). The first kappa shape index (κ1) is 21.4. The van der Waals surface area contributed by atoms with Crippen LogP contribution >= 0.6 is 0 Å². The molecule has 0 spiro atoms. The highest BCUT2D eigenvalue weighted by atomic mass is 32.2. The molecule has 1 fully saturated rings. The van der Waals surface area contributed by atoms with Crippen LogP contribution in [0.1, 0.15) is 49.8 Å². The maximum atomic E-state index is 13.6. The summed E-state index contributed by atoms with van der Waals surface area (Å²) in [5.41, 5.74) is -3.93. The second kappa shape index (κ2) is 7.48. The molecule has 0 bridgehead atoms. The first-order valence-corrected chi connectivity index (χ1v) is 10.8. The Morgan fingerprint density at radius 1 is 1.24 bits per heavy atom. The van der Waals surface area contributed by atoms with Gasteiger partial charge in [0.1, 0.15) is 0 Å². The Balaban J connectivity index is 2.20. The van der Waals surface area contributed by atoms with E-state index in [1.54, 1.807) is 4.83 Å². The number of aromatic amines is 1. The summed E-state index contributed by atoms with van der Waals surface area (Å²) >= 11 is 0. The summed E-state index contributed by atoms with van der Waals surface area (Å²) in [5.74, 6) is 0. The predicted molar refractivity (Wildman–Crippen MR) is 99.8 cm³/mol. The van der Waals surface area contributed by atoms with Gasteiger partial charge in [0.2, 0.25) is 10.0 Å². The van der Waals surface area contributed by atoms with Gasteiger partial charge in [-0.2, -0.15) is 17.8 Å². The minimum atomic E-state index is -4.74. The van der Waals surface area contributed by atoms with Gasteiger partial charge >= 0.3 is 11.9 Å². The maximum Gasteiger partial charge on any atom is 0.416 e. The van der Waals surface area contributed by atoms with E-state index in [9.17, 15) is 31.2 Å². The summed E-state index contributed by atoms with van der Waals surface area (Å²) in [6.45, 7) is 1.47. The molecule has 0 aliphatic heterocycles. The van der Waals surface area contributed by atoms with Crippen molar-refractivity contribution in [3.63, 3.8) is 0 Å². The molecule has 8 nitrogen and oxygen atoms in total. The number of sulfonamides is 1. The number of H-pyrrole nitrogens is 1. The molecule has 0 amide bonds. The zero-order chi connectivity index (χ0) is 21.6. The summed E-state index contributed by atoms with van der Waals surface area (Å²) in [5, 5.41) is -0.273. The van der Waals surface area contributed by atoms with Crippen molar-refractivity contribution in [1.29, 1.82) is 0 Å². The van der Waals surface area contributed by atoms with Crippen LogP contribution in [0.3, 0.4) is 0 Å². The fourth-order valence-electron chi connectivity index (χ4n) is 3.50. The van der Waals surface area contributed by atoms with Gasteiger partial charge in [-0.3, -0.25) is 4.79 Å². The third kappa shape index (κ3) is 4.64. The molecule has 12 heteroatoms. The Bertz CT molecular complexity index is 1150. The first-order valence-electron chi connectivity index (χ1n) is 8.90. The number of benzene rings is 1. The summed E-state index contributed by atoms with van der Waals surface area (Å²) in [7, 11) is -3.98. The lowest BCUT2D eigenvalue weighted by atomic mass is 9.99. The van der Waals surface area contributed by atoms with Gasteiger partial charge in [0.25, 0.3) is 5.56 Å². The fraction of sp³-hybridized carbons (Fsp3) is 0.529. The number of fused-ring (bicyclic) bond motifs is 1. The zero-order valence-electron chi connectivity index (χ0n) is 15.7. The number of alkyl halides is 3. The van der Waals surface area contributed by atoms with Crippen molar-refractivity contribution < 1.29 is 26.3 Å². The number of aromatic nitrogens is 2. The average molecular weight is 435 g/mol. The van der Waals surface area contributed by atoms with E-state index in [1.165, 1.54) is 6.92 Å². The molecular formula is C17H20F3N3O5S. The Hall–Kier alpha value is -2.34. The third-order valence-electron chi connectivity index (χ3n) is 4.77. The number of nitrogens with one attached hydrogen (secondary N) is 2. The molecule has 1 aliphatic carbocycles. The van der Waals surface area contributed by atoms with E-state index in [0.717, 1.165) is 38.0 Å². The van der Waals surface area contributed by atoms with Crippen LogP contribution in [0.25, 0.3) is 10.9 Å². The lowest BCUT2D eigenvalue weighted by Gasteiger charge is -2.23. The van der Waals surface area contributed by atoms with E-state index in [0.29, 0.717) is 6.07 Å². The first-order chi connectivity index (χ1) is 13.4. The van der Waals surface area contributed by atoms with E-state index >= 15 is 0 Å². The van der Waals surface area contributed by atoms with Crippen LogP contribution in [-0.2, 0) is 20.9 Å². The number of ether oxygens (including phenoxy) is 1. The lowest BCUT2D eigenvalue weighted by Crippen LogP contribution is -2.43. The Kier molecular flexibility index (Phi) is 5.52. The van der Waals surface area contributed by atoms with Gasteiger partial charge < -0.3 is 9.72 Å². The zero-order valence-corrected chi connectivity index (χ0v) is 16.5. The van der Waals surface area contributed by atoms with Gasteiger partial charge in [-0.15, -0.1) is 0 Å².